The van der Waals surface area contributed by atoms with Gasteiger partial charge in [-0.3, -0.25) is 9.78 Å². The fourth-order valence-corrected chi connectivity index (χ4v) is 3.79. The highest BCUT2D eigenvalue weighted by atomic mass is 19.1. The number of aryl methyl sites for hydroxylation is 1. The van der Waals surface area contributed by atoms with Gasteiger partial charge < -0.3 is 9.88 Å². The monoisotopic (exact) mass is 351 g/mol. The number of hydrogen-bond acceptors (Lipinski definition) is 2. The molecule has 134 valence electrons. The molecule has 1 N–H and O–H groups in total. The molecular formula is C21H22FN3O. The summed E-state index contributed by atoms with van der Waals surface area (Å²) in [7, 11) is 0. The van der Waals surface area contributed by atoms with Gasteiger partial charge in [0, 0.05) is 31.9 Å². The Bertz CT molecular complexity index is 895. The number of carbonyl (C=O) groups excluding carboxylic acids is 1. The van der Waals surface area contributed by atoms with Gasteiger partial charge in [0.05, 0.1) is 11.0 Å². The summed E-state index contributed by atoms with van der Waals surface area (Å²) in [5.41, 5.74) is 4.38. The Kier molecular flexibility index (Phi) is 4.69. The van der Waals surface area contributed by atoms with Crippen LogP contribution in [-0.2, 0) is 11.2 Å². The molecule has 0 radical (unpaired) electrons. The second-order valence-corrected chi connectivity index (χ2v) is 6.93. The van der Waals surface area contributed by atoms with E-state index in [-0.39, 0.29) is 11.7 Å². The van der Waals surface area contributed by atoms with Crippen molar-refractivity contribution >= 4 is 16.9 Å². The number of aromatic amines is 1. The highest BCUT2D eigenvalue weighted by Gasteiger charge is 2.25. The number of rotatable bonds is 4. The minimum Gasteiger partial charge on any atom is -0.360 e. The molecule has 1 aromatic carbocycles. The van der Waals surface area contributed by atoms with Gasteiger partial charge in [0.25, 0.3) is 0 Å². The number of halogens is 1. The summed E-state index contributed by atoms with van der Waals surface area (Å²) in [5.74, 6) is 0.388. The molecule has 4 rings (SSSR count). The van der Waals surface area contributed by atoms with Gasteiger partial charge in [-0.15, -0.1) is 0 Å². The zero-order chi connectivity index (χ0) is 17.9. The molecule has 0 aliphatic carbocycles. The molecule has 0 spiro atoms. The summed E-state index contributed by atoms with van der Waals surface area (Å²) in [6.07, 6.45) is 6.95. The van der Waals surface area contributed by atoms with Gasteiger partial charge in [0.15, 0.2) is 0 Å². The Morgan fingerprint density at radius 1 is 1.19 bits per heavy atom. The summed E-state index contributed by atoms with van der Waals surface area (Å²) >= 11 is 0. The van der Waals surface area contributed by atoms with E-state index in [4.69, 9.17) is 0 Å². The number of nitrogens with one attached hydrogen (secondary N) is 1. The summed E-state index contributed by atoms with van der Waals surface area (Å²) in [5, 5.41) is 0. The molecule has 0 bridgehead atoms. The number of likely N-dealkylation sites (tertiary alicyclic amines) is 1. The van der Waals surface area contributed by atoms with Gasteiger partial charge in [-0.1, -0.05) is 12.1 Å². The van der Waals surface area contributed by atoms with Crippen molar-refractivity contribution in [3.63, 3.8) is 0 Å². The molecule has 1 fully saturated rings. The van der Waals surface area contributed by atoms with Crippen LogP contribution in [0.2, 0.25) is 0 Å². The first-order valence-corrected chi connectivity index (χ1v) is 9.15. The van der Waals surface area contributed by atoms with Crippen molar-refractivity contribution in [3.05, 3.63) is 65.7 Å². The van der Waals surface area contributed by atoms with Crippen molar-refractivity contribution in [2.45, 2.75) is 31.6 Å². The fourth-order valence-electron chi connectivity index (χ4n) is 3.79. The third-order valence-corrected chi connectivity index (χ3v) is 5.29. The number of nitrogens with zero attached hydrogens (tertiary/aromatic N) is 2. The van der Waals surface area contributed by atoms with E-state index in [0.29, 0.717) is 18.8 Å². The lowest BCUT2D eigenvalue weighted by Crippen LogP contribution is -2.38. The van der Waals surface area contributed by atoms with Crippen LogP contribution in [0.15, 0.2) is 48.8 Å². The average molecular weight is 351 g/mol. The number of carbonyl (C=O) groups is 1. The third kappa shape index (κ3) is 3.47. The van der Waals surface area contributed by atoms with E-state index in [1.54, 1.807) is 12.1 Å². The molecule has 26 heavy (non-hydrogen) atoms. The van der Waals surface area contributed by atoms with Crippen LogP contribution < -0.4 is 0 Å². The maximum absolute atomic E-state index is 12.9. The smallest absolute Gasteiger partial charge is 0.222 e. The Morgan fingerprint density at radius 2 is 1.96 bits per heavy atom. The fraction of sp³-hybridized carbons (Fsp3) is 0.333. The van der Waals surface area contributed by atoms with Gasteiger partial charge >= 0.3 is 0 Å². The largest absolute Gasteiger partial charge is 0.360 e. The maximum Gasteiger partial charge on any atom is 0.222 e. The molecule has 1 amide bonds. The van der Waals surface area contributed by atoms with Gasteiger partial charge in [0.1, 0.15) is 5.82 Å². The van der Waals surface area contributed by atoms with Crippen LogP contribution in [0.1, 0.15) is 36.3 Å². The molecule has 1 saturated heterocycles. The number of pyridine rings is 1. The molecule has 3 aromatic rings. The highest BCUT2D eigenvalue weighted by molar-refractivity contribution is 5.79. The minimum atomic E-state index is -0.242. The number of aromatic nitrogens is 2. The molecule has 5 heteroatoms. The lowest BCUT2D eigenvalue weighted by molar-refractivity contribution is -0.132. The zero-order valence-corrected chi connectivity index (χ0v) is 14.6. The van der Waals surface area contributed by atoms with E-state index in [1.165, 1.54) is 17.7 Å². The Balaban J connectivity index is 1.33. The predicted molar refractivity (Wildman–Crippen MR) is 99.4 cm³/mol. The maximum atomic E-state index is 12.9. The van der Waals surface area contributed by atoms with E-state index in [9.17, 15) is 9.18 Å². The standard InChI is InChI=1S/C21H22FN3O/c22-17-6-3-15(4-7-17)5-8-20(26)25-12-9-16(10-13-25)18-14-24-19-2-1-11-23-21(18)19/h1-4,6-7,11,14,16,24H,5,8-10,12-13H2. The molecule has 0 unspecified atom stereocenters. The molecular weight excluding hydrogens is 329 g/mol. The second-order valence-electron chi connectivity index (χ2n) is 6.93. The first-order chi connectivity index (χ1) is 12.7. The zero-order valence-electron chi connectivity index (χ0n) is 14.6. The minimum absolute atomic E-state index is 0.185. The molecule has 3 heterocycles. The predicted octanol–water partition coefficient (Wildman–Crippen LogP) is 4.04. The third-order valence-electron chi connectivity index (χ3n) is 5.29. The van der Waals surface area contributed by atoms with Gasteiger partial charge in [-0.05, 0) is 60.6 Å². The number of piperidine rings is 1. The van der Waals surface area contributed by atoms with Gasteiger partial charge in [0.2, 0.25) is 5.91 Å². The molecule has 0 saturated carbocycles. The van der Waals surface area contributed by atoms with Crippen LogP contribution in [-0.4, -0.2) is 33.9 Å². The summed E-state index contributed by atoms with van der Waals surface area (Å²) in [6, 6.07) is 10.4. The lowest BCUT2D eigenvalue weighted by Gasteiger charge is -2.32. The van der Waals surface area contributed by atoms with Crippen LogP contribution >= 0.6 is 0 Å². The van der Waals surface area contributed by atoms with E-state index in [0.717, 1.165) is 42.5 Å². The molecule has 1 aliphatic heterocycles. The summed E-state index contributed by atoms with van der Waals surface area (Å²) in [6.45, 7) is 1.57. The SMILES string of the molecule is O=C(CCc1ccc(F)cc1)N1CCC(c2c[nH]c3cccnc23)CC1. The van der Waals surface area contributed by atoms with Gasteiger partial charge in [-0.25, -0.2) is 4.39 Å². The number of benzene rings is 1. The van der Waals surface area contributed by atoms with E-state index < -0.39 is 0 Å². The average Bonchev–Trinajstić information content (AvgIpc) is 3.11. The second kappa shape index (κ2) is 7.28. The number of amides is 1. The van der Waals surface area contributed by atoms with Crippen LogP contribution in [0.5, 0.6) is 0 Å². The molecule has 1 aliphatic rings. The first kappa shape index (κ1) is 16.8. The van der Waals surface area contributed by atoms with Crippen LogP contribution in [0.3, 0.4) is 0 Å². The number of fused-ring (bicyclic) bond motifs is 1. The topological polar surface area (TPSA) is 49.0 Å². The van der Waals surface area contributed by atoms with Crippen LogP contribution in [0.25, 0.3) is 11.0 Å². The Labute approximate surface area is 152 Å². The molecule has 4 nitrogen and oxygen atoms in total. The Morgan fingerprint density at radius 3 is 2.73 bits per heavy atom. The molecule has 2 aromatic heterocycles. The number of hydrogen-bond donors (Lipinski definition) is 1. The van der Waals surface area contributed by atoms with E-state index in [1.807, 2.05) is 23.2 Å². The van der Waals surface area contributed by atoms with E-state index in [2.05, 4.69) is 16.2 Å². The Hall–Kier alpha value is -2.69. The van der Waals surface area contributed by atoms with Crippen LogP contribution in [0, 0.1) is 5.82 Å². The summed E-state index contributed by atoms with van der Waals surface area (Å²) in [4.78, 5) is 22.2. The quantitative estimate of drug-likeness (QED) is 0.771. The number of H-pyrrole nitrogens is 1. The normalized spacial score (nSPS) is 15.5. The van der Waals surface area contributed by atoms with E-state index >= 15 is 0 Å². The molecule has 0 atom stereocenters. The highest BCUT2D eigenvalue weighted by Crippen LogP contribution is 2.32. The van der Waals surface area contributed by atoms with Crippen molar-refractivity contribution in [2.75, 3.05) is 13.1 Å². The summed E-state index contributed by atoms with van der Waals surface area (Å²) < 4.78 is 12.9. The van der Waals surface area contributed by atoms with Crippen molar-refractivity contribution in [1.29, 1.82) is 0 Å². The van der Waals surface area contributed by atoms with Crippen molar-refractivity contribution in [1.82, 2.24) is 14.9 Å². The first-order valence-electron chi connectivity index (χ1n) is 9.15. The van der Waals surface area contributed by atoms with Gasteiger partial charge in [-0.2, -0.15) is 0 Å². The van der Waals surface area contributed by atoms with Crippen molar-refractivity contribution in [3.8, 4) is 0 Å². The van der Waals surface area contributed by atoms with Crippen LogP contribution in [0.4, 0.5) is 4.39 Å². The van der Waals surface area contributed by atoms with Crippen molar-refractivity contribution < 1.29 is 9.18 Å². The van der Waals surface area contributed by atoms with Crippen molar-refractivity contribution in [2.24, 2.45) is 0 Å². The lowest BCUT2D eigenvalue weighted by atomic mass is 9.90.